The summed E-state index contributed by atoms with van der Waals surface area (Å²) in [5.74, 6) is 1.66. The van der Waals surface area contributed by atoms with E-state index in [1.54, 1.807) is 24.3 Å². The molecule has 0 fully saturated rings. The van der Waals surface area contributed by atoms with Crippen molar-refractivity contribution in [3.63, 3.8) is 0 Å². The second-order valence-corrected chi connectivity index (χ2v) is 4.40. The number of imidazole rings is 1. The molecule has 0 unspecified atom stereocenters. The van der Waals surface area contributed by atoms with Crippen LogP contribution in [0.1, 0.15) is 5.82 Å². The largest absolute Gasteiger partial charge is 0.322 e. The Bertz CT molecular complexity index is 463. The van der Waals surface area contributed by atoms with Gasteiger partial charge in [-0.2, -0.15) is 0 Å². The van der Waals surface area contributed by atoms with Crippen LogP contribution in [0.3, 0.4) is 0 Å². The molecule has 5 nitrogen and oxygen atoms in total. The van der Waals surface area contributed by atoms with Crippen LogP contribution in [0.25, 0.3) is 0 Å². The molecule has 0 N–H and O–H groups in total. The second-order valence-electron chi connectivity index (χ2n) is 3.07. The summed E-state index contributed by atoms with van der Waals surface area (Å²) in [6.45, 7) is 0. The van der Waals surface area contributed by atoms with Crippen molar-refractivity contribution >= 4 is 23.4 Å². The standard InChI is InChI=1S/C8H10ClN5S/c1-13-5-11-12-8(13)15-4-7-10-3-6(9)14(7)2/h3,5H,4H2,1-2H3. The van der Waals surface area contributed by atoms with Crippen molar-refractivity contribution in [2.45, 2.75) is 10.9 Å². The SMILES string of the molecule is Cn1cnnc1SCc1ncc(Cl)n1C. The van der Waals surface area contributed by atoms with Gasteiger partial charge >= 0.3 is 0 Å². The first-order chi connectivity index (χ1) is 7.18. The molecule has 0 saturated heterocycles. The van der Waals surface area contributed by atoms with Gasteiger partial charge in [0.2, 0.25) is 0 Å². The molecule has 0 amide bonds. The molecule has 15 heavy (non-hydrogen) atoms. The predicted molar refractivity (Wildman–Crippen MR) is 58.8 cm³/mol. The van der Waals surface area contributed by atoms with E-state index < -0.39 is 0 Å². The van der Waals surface area contributed by atoms with Crippen LogP contribution in [0.15, 0.2) is 17.7 Å². The predicted octanol–water partition coefficient (Wildman–Crippen LogP) is 1.49. The molecule has 2 heterocycles. The molecule has 7 heteroatoms. The average molecular weight is 244 g/mol. The van der Waals surface area contributed by atoms with Crippen molar-refractivity contribution in [1.82, 2.24) is 24.3 Å². The molecule has 0 spiro atoms. The van der Waals surface area contributed by atoms with Gasteiger partial charge in [-0.25, -0.2) is 4.98 Å². The van der Waals surface area contributed by atoms with E-state index in [2.05, 4.69) is 15.2 Å². The first-order valence-electron chi connectivity index (χ1n) is 4.31. The summed E-state index contributed by atoms with van der Waals surface area (Å²) in [5.41, 5.74) is 0. The van der Waals surface area contributed by atoms with Gasteiger partial charge in [-0.1, -0.05) is 23.4 Å². The minimum absolute atomic E-state index is 0.642. The number of nitrogens with zero attached hydrogens (tertiary/aromatic N) is 5. The highest BCUT2D eigenvalue weighted by molar-refractivity contribution is 7.98. The normalized spacial score (nSPS) is 10.9. The number of rotatable bonds is 3. The zero-order chi connectivity index (χ0) is 10.8. The molecule has 0 saturated carbocycles. The van der Waals surface area contributed by atoms with E-state index in [0.29, 0.717) is 5.15 Å². The van der Waals surface area contributed by atoms with Crippen LogP contribution in [0.5, 0.6) is 0 Å². The zero-order valence-electron chi connectivity index (χ0n) is 8.38. The molecule has 0 aliphatic carbocycles. The van der Waals surface area contributed by atoms with Crippen molar-refractivity contribution < 1.29 is 0 Å². The third-order valence-electron chi connectivity index (χ3n) is 2.03. The summed E-state index contributed by atoms with van der Waals surface area (Å²) in [6, 6.07) is 0. The molecule has 2 aromatic heterocycles. The lowest BCUT2D eigenvalue weighted by Crippen LogP contribution is -1.97. The van der Waals surface area contributed by atoms with Crippen molar-refractivity contribution in [3.8, 4) is 0 Å². The third-order valence-corrected chi connectivity index (χ3v) is 3.41. The number of hydrogen-bond acceptors (Lipinski definition) is 4. The lowest BCUT2D eigenvalue weighted by molar-refractivity contribution is 0.784. The molecular formula is C8H10ClN5S. The fraction of sp³-hybridized carbons (Fsp3) is 0.375. The maximum atomic E-state index is 5.88. The van der Waals surface area contributed by atoms with Gasteiger partial charge in [0.05, 0.1) is 11.9 Å². The Morgan fingerprint density at radius 1 is 1.47 bits per heavy atom. The molecule has 0 aromatic carbocycles. The first kappa shape index (κ1) is 10.5. The van der Waals surface area contributed by atoms with Gasteiger partial charge in [-0.3, -0.25) is 0 Å². The maximum absolute atomic E-state index is 5.88. The van der Waals surface area contributed by atoms with Gasteiger partial charge in [0.1, 0.15) is 17.3 Å². The van der Waals surface area contributed by atoms with Crippen LogP contribution in [0, 0.1) is 0 Å². The highest BCUT2D eigenvalue weighted by Crippen LogP contribution is 2.20. The number of thioether (sulfide) groups is 1. The Morgan fingerprint density at radius 2 is 2.27 bits per heavy atom. The van der Waals surface area contributed by atoms with Gasteiger partial charge in [0.25, 0.3) is 0 Å². The Kier molecular flexibility index (Phi) is 2.97. The van der Waals surface area contributed by atoms with Crippen molar-refractivity contribution in [3.05, 3.63) is 23.5 Å². The van der Waals surface area contributed by atoms with Crippen LogP contribution in [-0.4, -0.2) is 24.3 Å². The van der Waals surface area contributed by atoms with Crippen LogP contribution >= 0.6 is 23.4 Å². The van der Waals surface area contributed by atoms with Gasteiger partial charge in [-0.15, -0.1) is 10.2 Å². The lowest BCUT2D eigenvalue weighted by atomic mass is 10.7. The Hall–Kier alpha value is -1.01. The molecule has 2 aromatic rings. The molecule has 0 atom stereocenters. The van der Waals surface area contributed by atoms with Gasteiger partial charge in [0, 0.05) is 14.1 Å². The molecule has 0 aliphatic heterocycles. The Morgan fingerprint density at radius 3 is 2.80 bits per heavy atom. The van der Waals surface area contributed by atoms with Crippen molar-refractivity contribution in [1.29, 1.82) is 0 Å². The van der Waals surface area contributed by atoms with Crippen molar-refractivity contribution in [2.75, 3.05) is 0 Å². The molecule has 0 aliphatic rings. The van der Waals surface area contributed by atoms with Gasteiger partial charge < -0.3 is 9.13 Å². The molecule has 80 valence electrons. The van der Waals surface area contributed by atoms with Crippen molar-refractivity contribution in [2.24, 2.45) is 14.1 Å². The highest BCUT2D eigenvalue weighted by atomic mass is 35.5. The Labute approximate surface area is 96.5 Å². The smallest absolute Gasteiger partial charge is 0.191 e. The second kappa shape index (κ2) is 4.24. The lowest BCUT2D eigenvalue weighted by Gasteiger charge is -2.01. The summed E-state index contributed by atoms with van der Waals surface area (Å²) in [6.07, 6.45) is 3.32. The van der Waals surface area contributed by atoms with Gasteiger partial charge in [0.15, 0.2) is 5.16 Å². The fourth-order valence-electron chi connectivity index (χ4n) is 1.09. The van der Waals surface area contributed by atoms with Crippen LogP contribution in [0.2, 0.25) is 5.15 Å². The Balaban J connectivity index is 2.05. The molecule has 2 rings (SSSR count). The molecular weight excluding hydrogens is 234 g/mol. The van der Waals surface area contributed by atoms with Crippen LogP contribution in [0.4, 0.5) is 0 Å². The summed E-state index contributed by atoms with van der Waals surface area (Å²) >= 11 is 7.46. The fourth-order valence-corrected chi connectivity index (χ4v) is 2.12. The number of aromatic nitrogens is 5. The number of aryl methyl sites for hydroxylation is 1. The average Bonchev–Trinajstić information content (AvgIpc) is 2.74. The van der Waals surface area contributed by atoms with E-state index in [1.165, 1.54) is 0 Å². The van der Waals surface area contributed by atoms with E-state index in [1.807, 2.05) is 23.2 Å². The number of halogens is 1. The van der Waals surface area contributed by atoms with E-state index in [-0.39, 0.29) is 0 Å². The van der Waals surface area contributed by atoms with Gasteiger partial charge in [-0.05, 0) is 0 Å². The quantitative estimate of drug-likeness (QED) is 0.767. The zero-order valence-corrected chi connectivity index (χ0v) is 9.96. The van der Waals surface area contributed by atoms with E-state index in [9.17, 15) is 0 Å². The summed E-state index contributed by atoms with van der Waals surface area (Å²) in [7, 11) is 3.80. The van der Waals surface area contributed by atoms with Crippen LogP contribution < -0.4 is 0 Å². The minimum Gasteiger partial charge on any atom is -0.322 e. The number of hydrogen-bond donors (Lipinski definition) is 0. The monoisotopic (exact) mass is 243 g/mol. The van der Waals surface area contributed by atoms with E-state index in [4.69, 9.17) is 11.6 Å². The van der Waals surface area contributed by atoms with Crippen LogP contribution in [-0.2, 0) is 19.8 Å². The molecule has 0 radical (unpaired) electrons. The first-order valence-corrected chi connectivity index (χ1v) is 5.67. The summed E-state index contributed by atoms with van der Waals surface area (Å²) in [4.78, 5) is 4.20. The maximum Gasteiger partial charge on any atom is 0.191 e. The molecule has 0 bridgehead atoms. The summed E-state index contributed by atoms with van der Waals surface area (Å²) < 4.78 is 3.72. The summed E-state index contributed by atoms with van der Waals surface area (Å²) in [5, 5.41) is 9.29. The topological polar surface area (TPSA) is 48.5 Å². The minimum atomic E-state index is 0.642. The van der Waals surface area contributed by atoms with E-state index in [0.717, 1.165) is 16.7 Å². The third kappa shape index (κ3) is 2.15. The highest BCUT2D eigenvalue weighted by Gasteiger charge is 2.07. The van der Waals surface area contributed by atoms with E-state index >= 15 is 0 Å².